The molecule has 0 aliphatic rings. The lowest BCUT2D eigenvalue weighted by atomic mass is 10.0. The predicted octanol–water partition coefficient (Wildman–Crippen LogP) is 4.41. The minimum absolute atomic E-state index is 0.188. The van der Waals surface area contributed by atoms with E-state index in [4.69, 9.17) is 5.11 Å². The topological polar surface area (TPSA) is 52.5 Å². The van der Waals surface area contributed by atoms with Gasteiger partial charge < -0.3 is 15.5 Å². The monoisotopic (exact) mass is 315 g/mol. The Labute approximate surface area is 138 Å². The molecule has 3 N–H and O–H groups in total. The number of nitrogens with one attached hydrogen (secondary N) is 1. The summed E-state index contributed by atoms with van der Waals surface area (Å²) in [6.45, 7) is 4.23. The molecule has 0 fully saturated rings. The quantitative estimate of drug-likeness (QED) is 0.328. The summed E-state index contributed by atoms with van der Waals surface area (Å²) in [5.74, 6) is 0. The molecule has 0 aliphatic carbocycles. The third kappa shape index (κ3) is 17.9. The molecule has 3 heteroatoms. The molecule has 22 heavy (non-hydrogen) atoms. The Morgan fingerprint density at radius 1 is 0.727 bits per heavy atom. The molecule has 1 unspecified atom stereocenters. The van der Waals surface area contributed by atoms with Gasteiger partial charge in [0.05, 0.1) is 6.10 Å². The summed E-state index contributed by atoms with van der Waals surface area (Å²) < 4.78 is 0. The fraction of sp³-hybridized carbons (Fsp3) is 1.00. The van der Waals surface area contributed by atoms with Crippen LogP contribution in [0.25, 0.3) is 0 Å². The first-order chi connectivity index (χ1) is 10.8. The Bertz CT molecular complexity index is 200. The second-order valence-corrected chi connectivity index (χ2v) is 6.61. The minimum Gasteiger partial charge on any atom is -0.396 e. The van der Waals surface area contributed by atoms with Crippen LogP contribution in [0.15, 0.2) is 0 Å². The summed E-state index contributed by atoms with van der Waals surface area (Å²) in [5.41, 5.74) is 0. The average Bonchev–Trinajstić information content (AvgIpc) is 2.52. The van der Waals surface area contributed by atoms with Crippen LogP contribution in [0.2, 0.25) is 0 Å². The van der Waals surface area contributed by atoms with Crippen molar-refractivity contribution in [2.45, 2.75) is 103 Å². The molecule has 0 aromatic rings. The maximum atomic E-state index is 9.87. The Morgan fingerprint density at radius 2 is 1.27 bits per heavy atom. The van der Waals surface area contributed by atoms with Gasteiger partial charge in [0, 0.05) is 13.2 Å². The third-order valence-corrected chi connectivity index (χ3v) is 4.28. The summed E-state index contributed by atoms with van der Waals surface area (Å²) in [4.78, 5) is 0. The number of hydrogen-bond acceptors (Lipinski definition) is 3. The van der Waals surface area contributed by atoms with Crippen molar-refractivity contribution in [1.29, 1.82) is 0 Å². The first-order valence-corrected chi connectivity index (χ1v) is 9.81. The van der Waals surface area contributed by atoms with Crippen molar-refractivity contribution in [3.63, 3.8) is 0 Å². The molecular weight excluding hydrogens is 274 g/mol. The molecule has 0 amide bonds. The van der Waals surface area contributed by atoms with Gasteiger partial charge in [-0.15, -0.1) is 0 Å². The SMILES string of the molecule is CCCCCCCCCCCCC(O)CNCCCCCO. The Hall–Kier alpha value is -0.120. The highest BCUT2D eigenvalue weighted by Gasteiger charge is 2.03. The largest absolute Gasteiger partial charge is 0.396 e. The lowest BCUT2D eigenvalue weighted by Crippen LogP contribution is -2.27. The second kappa shape index (κ2) is 18.9. The molecule has 1 atom stereocenters. The summed E-state index contributed by atoms with van der Waals surface area (Å²) in [6.07, 6.45) is 17.3. The molecule has 0 bridgehead atoms. The van der Waals surface area contributed by atoms with Crippen LogP contribution >= 0.6 is 0 Å². The zero-order chi connectivity index (χ0) is 16.3. The van der Waals surface area contributed by atoms with Crippen molar-refractivity contribution in [3.05, 3.63) is 0 Å². The molecule has 134 valence electrons. The van der Waals surface area contributed by atoms with Crippen molar-refractivity contribution in [3.8, 4) is 0 Å². The van der Waals surface area contributed by atoms with Crippen LogP contribution < -0.4 is 5.32 Å². The van der Waals surface area contributed by atoms with Crippen LogP contribution in [0, 0.1) is 0 Å². The van der Waals surface area contributed by atoms with E-state index in [2.05, 4.69) is 12.2 Å². The zero-order valence-electron chi connectivity index (χ0n) is 15.0. The summed E-state index contributed by atoms with van der Waals surface area (Å²) in [7, 11) is 0. The average molecular weight is 316 g/mol. The van der Waals surface area contributed by atoms with E-state index in [1.54, 1.807) is 0 Å². The molecular formula is C19H41NO2. The standard InChI is InChI=1S/C19H41NO2/c1-2-3-4-5-6-7-8-9-10-12-15-19(22)18-20-16-13-11-14-17-21/h19-22H,2-18H2,1H3. The van der Waals surface area contributed by atoms with Crippen LogP contribution in [0.1, 0.15) is 96.8 Å². The second-order valence-electron chi connectivity index (χ2n) is 6.61. The van der Waals surface area contributed by atoms with Crippen LogP contribution in [-0.4, -0.2) is 36.0 Å². The van der Waals surface area contributed by atoms with Gasteiger partial charge in [0.15, 0.2) is 0 Å². The number of rotatable bonds is 18. The minimum atomic E-state index is -0.188. The fourth-order valence-electron chi connectivity index (χ4n) is 2.78. The Balaban J connectivity index is 3.10. The summed E-state index contributed by atoms with van der Waals surface area (Å²) >= 11 is 0. The van der Waals surface area contributed by atoms with Gasteiger partial charge >= 0.3 is 0 Å². The summed E-state index contributed by atoms with van der Waals surface area (Å²) in [6, 6.07) is 0. The number of unbranched alkanes of at least 4 members (excludes halogenated alkanes) is 11. The van der Waals surface area contributed by atoms with Gasteiger partial charge in [0.2, 0.25) is 0 Å². The molecule has 0 heterocycles. The third-order valence-electron chi connectivity index (χ3n) is 4.28. The van der Waals surface area contributed by atoms with Gasteiger partial charge in [-0.05, 0) is 32.2 Å². The highest BCUT2D eigenvalue weighted by molar-refractivity contribution is 4.60. The molecule has 0 saturated carbocycles. The highest BCUT2D eigenvalue weighted by Crippen LogP contribution is 2.11. The maximum Gasteiger partial charge on any atom is 0.0664 e. The Kier molecular flexibility index (Phi) is 18.8. The number of hydrogen-bond donors (Lipinski definition) is 3. The van der Waals surface area contributed by atoms with E-state index < -0.39 is 0 Å². The molecule has 0 radical (unpaired) electrons. The molecule has 0 aliphatic heterocycles. The van der Waals surface area contributed by atoms with E-state index in [1.165, 1.54) is 57.8 Å². The van der Waals surface area contributed by atoms with E-state index in [0.29, 0.717) is 6.61 Å². The van der Waals surface area contributed by atoms with Gasteiger partial charge in [-0.3, -0.25) is 0 Å². The first kappa shape index (κ1) is 21.9. The maximum absolute atomic E-state index is 9.87. The van der Waals surface area contributed by atoms with Crippen LogP contribution in [-0.2, 0) is 0 Å². The van der Waals surface area contributed by atoms with Gasteiger partial charge in [0.1, 0.15) is 0 Å². The van der Waals surface area contributed by atoms with Crippen LogP contribution in [0.5, 0.6) is 0 Å². The van der Waals surface area contributed by atoms with E-state index in [-0.39, 0.29) is 6.10 Å². The number of aliphatic hydroxyl groups excluding tert-OH is 2. The van der Waals surface area contributed by atoms with Crippen LogP contribution in [0.4, 0.5) is 0 Å². The number of aliphatic hydroxyl groups is 2. The lowest BCUT2D eigenvalue weighted by Gasteiger charge is -2.11. The molecule has 0 saturated heterocycles. The molecule has 0 spiro atoms. The van der Waals surface area contributed by atoms with Gasteiger partial charge in [-0.25, -0.2) is 0 Å². The molecule has 0 rings (SSSR count). The van der Waals surface area contributed by atoms with Crippen molar-refractivity contribution < 1.29 is 10.2 Å². The first-order valence-electron chi connectivity index (χ1n) is 9.81. The van der Waals surface area contributed by atoms with Gasteiger partial charge in [0.25, 0.3) is 0 Å². The zero-order valence-corrected chi connectivity index (χ0v) is 15.0. The normalized spacial score (nSPS) is 12.7. The lowest BCUT2D eigenvalue weighted by molar-refractivity contribution is 0.157. The molecule has 0 aromatic heterocycles. The highest BCUT2D eigenvalue weighted by atomic mass is 16.3. The Morgan fingerprint density at radius 3 is 1.86 bits per heavy atom. The van der Waals surface area contributed by atoms with E-state index >= 15 is 0 Å². The fourth-order valence-corrected chi connectivity index (χ4v) is 2.78. The van der Waals surface area contributed by atoms with E-state index in [9.17, 15) is 5.11 Å². The van der Waals surface area contributed by atoms with E-state index in [0.717, 1.165) is 45.2 Å². The molecule has 3 nitrogen and oxygen atoms in total. The van der Waals surface area contributed by atoms with Crippen LogP contribution in [0.3, 0.4) is 0 Å². The van der Waals surface area contributed by atoms with E-state index in [1.807, 2.05) is 0 Å². The van der Waals surface area contributed by atoms with Crippen molar-refractivity contribution >= 4 is 0 Å². The smallest absolute Gasteiger partial charge is 0.0664 e. The predicted molar refractivity (Wildman–Crippen MR) is 96.3 cm³/mol. The van der Waals surface area contributed by atoms with Crippen molar-refractivity contribution in [1.82, 2.24) is 5.32 Å². The van der Waals surface area contributed by atoms with Crippen molar-refractivity contribution in [2.24, 2.45) is 0 Å². The van der Waals surface area contributed by atoms with Gasteiger partial charge in [-0.1, -0.05) is 71.1 Å². The summed E-state index contributed by atoms with van der Waals surface area (Å²) in [5, 5.41) is 21.8. The molecule has 0 aromatic carbocycles. The van der Waals surface area contributed by atoms with Gasteiger partial charge in [-0.2, -0.15) is 0 Å². The van der Waals surface area contributed by atoms with Crippen molar-refractivity contribution in [2.75, 3.05) is 19.7 Å².